The Morgan fingerprint density at radius 2 is 1.65 bits per heavy atom. The molecule has 9 heteroatoms. The van der Waals surface area contributed by atoms with Crippen LogP contribution in [-0.4, -0.2) is 46.2 Å². The summed E-state index contributed by atoms with van der Waals surface area (Å²) in [6, 6.07) is 11.9. The number of carbonyl (C=O) groups is 2. The summed E-state index contributed by atoms with van der Waals surface area (Å²) in [7, 11) is -2.26. The molecule has 1 atom stereocenters. The standard InChI is InChI=1S/C22H29N3O5S/c1-15(2)14-23-22(27)19-8-6-7-9-20(19)24-21(26)16(3)25(31(5,28)29)17-10-12-18(30-4)13-11-17/h6-13,15-16H,14H2,1-5H3,(H,23,27)(H,24,26)/t16-/m1/s1. The van der Waals surface area contributed by atoms with Crippen molar-refractivity contribution in [1.82, 2.24) is 5.32 Å². The van der Waals surface area contributed by atoms with E-state index in [4.69, 9.17) is 4.74 Å². The van der Waals surface area contributed by atoms with E-state index in [2.05, 4.69) is 10.6 Å². The van der Waals surface area contributed by atoms with Gasteiger partial charge in [-0.2, -0.15) is 0 Å². The predicted octanol–water partition coefficient (Wildman–Crippen LogP) is 2.87. The molecule has 0 aliphatic rings. The molecular weight excluding hydrogens is 418 g/mol. The zero-order chi connectivity index (χ0) is 23.2. The van der Waals surface area contributed by atoms with Crippen LogP contribution in [0.5, 0.6) is 5.75 Å². The number of nitrogens with one attached hydrogen (secondary N) is 2. The van der Waals surface area contributed by atoms with Crippen LogP contribution in [0.4, 0.5) is 11.4 Å². The van der Waals surface area contributed by atoms with Gasteiger partial charge in [0.05, 0.1) is 30.3 Å². The summed E-state index contributed by atoms with van der Waals surface area (Å²) in [5, 5.41) is 5.51. The van der Waals surface area contributed by atoms with E-state index >= 15 is 0 Å². The van der Waals surface area contributed by atoms with Crippen molar-refractivity contribution in [2.75, 3.05) is 29.5 Å². The number of rotatable bonds is 9. The zero-order valence-corrected chi connectivity index (χ0v) is 19.2. The van der Waals surface area contributed by atoms with E-state index in [9.17, 15) is 18.0 Å². The maximum absolute atomic E-state index is 13.0. The maximum atomic E-state index is 13.0. The Hall–Kier alpha value is -3.07. The van der Waals surface area contributed by atoms with Gasteiger partial charge in [-0.15, -0.1) is 0 Å². The Balaban J connectivity index is 2.28. The molecule has 168 valence electrons. The molecule has 0 radical (unpaired) electrons. The largest absolute Gasteiger partial charge is 0.497 e. The van der Waals surface area contributed by atoms with Crippen molar-refractivity contribution in [3.05, 3.63) is 54.1 Å². The third kappa shape index (κ3) is 6.45. The Morgan fingerprint density at radius 1 is 1.03 bits per heavy atom. The first-order valence-corrected chi connectivity index (χ1v) is 11.7. The molecule has 2 amide bonds. The smallest absolute Gasteiger partial charge is 0.253 e. The van der Waals surface area contributed by atoms with Crippen LogP contribution in [0.3, 0.4) is 0 Å². The SMILES string of the molecule is COc1ccc(N([C@H](C)C(=O)Nc2ccccc2C(=O)NCC(C)C)S(C)(=O)=O)cc1. The van der Waals surface area contributed by atoms with Gasteiger partial charge in [-0.25, -0.2) is 8.42 Å². The number of anilines is 2. The van der Waals surface area contributed by atoms with E-state index in [0.717, 1.165) is 10.6 Å². The molecule has 0 aliphatic carbocycles. The highest BCUT2D eigenvalue weighted by Gasteiger charge is 2.29. The van der Waals surface area contributed by atoms with Gasteiger partial charge in [-0.3, -0.25) is 13.9 Å². The maximum Gasteiger partial charge on any atom is 0.253 e. The molecule has 8 nitrogen and oxygen atoms in total. The lowest BCUT2D eigenvalue weighted by molar-refractivity contribution is -0.116. The number of para-hydroxylation sites is 1. The molecule has 0 bridgehead atoms. The summed E-state index contributed by atoms with van der Waals surface area (Å²) in [5.74, 6) is -0.0353. The van der Waals surface area contributed by atoms with Crippen LogP contribution in [0.15, 0.2) is 48.5 Å². The van der Waals surface area contributed by atoms with Crippen molar-refractivity contribution in [1.29, 1.82) is 0 Å². The predicted molar refractivity (Wildman–Crippen MR) is 122 cm³/mol. The van der Waals surface area contributed by atoms with E-state index in [1.165, 1.54) is 14.0 Å². The molecule has 0 spiro atoms. The van der Waals surface area contributed by atoms with Gasteiger partial charge < -0.3 is 15.4 Å². The van der Waals surface area contributed by atoms with Crippen LogP contribution in [0.2, 0.25) is 0 Å². The van der Waals surface area contributed by atoms with Gasteiger partial charge in [-0.05, 0) is 49.2 Å². The minimum absolute atomic E-state index is 0.276. The highest BCUT2D eigenvalue weighted by Crippen LogP contribution is 2.25. The highest BCUT2D eigenvalue weighted by molar-refractivity contribution is 7.92. The average Bonchev–Trinajstić information content (AvgIpc) is 2.72. The van der Waals surface area contributed by atoms with Crippen molar-refractivity contribution in [3.8, 4) is 5.75 Å². The Labute approximate surface area is 183 Å². The highest BCUT2D eigenvalue weighted by atomic mass is 32.2. The van der Waals surface area contributed by atoms with Gasteiger partial charge >= 0.3 is 0 Å². The number of methoxy groups -OCH3 is 1. The lowest BCUT2D eigenvalue weighted by atomic mass is 10.1. The molecule has 0 aromatic heterocycles. The molecule has 2 rings (SSSR count). The van der Waals surface area contributed by atoms with Crippen LogP contribution >= 0.6 is 0 Å². The van der Waals surface area contributed by atoms with Crippen LogP contribution in [0.25, 0.3) is 0 Å². The van der Waals surface area contributed by atoms with E-state index in [1.54, 1.807) is 48.5 Å². The molecule has 31 heavy (non-hydrogen) atoms. The van der Waals surface area contributed by atoms with Crippen molar-refractivity contribution < 1.29 is 22.7 Å². The summed E-state index contributed by atoms with van der Waals surface area (Å²) in [4.78, 5) is 25.5. The van der Waals surface area contributed by atoms with Crippen LogP contribution in [-0.2, 0) is 14.8 Å². The number of ether oxygens (including phenoxy) is 1. The van der Waals surface area contributed by atoms with Crippen LogP contribution in [0, 0.1) is 5.92 Å². The topological polar surface area (TPSA) is 105 Å². The average molecular weight is 448 g/mol. The van der Waals surface area contributed by atoms with Gasteiger partial charge in [-0.1, -0.05) is 26.0 Å². The normalized spacial score (nSPS) is 12.2. The van der Waals surface area contributed by atoms with E-state index < -0.39 is 22.0 Å². The van der Waals surface area contributed by atoms with Gasteiger partial charge in [0.1, 0.15) is 11.8 Å². The molecule has 0 unspecified atom stereocenters. The Kier molecular flexibility index (Phi) is 8.04. The fourth-order valence-corrected chi connectivity index (χ4v) is 4.13. The number of amides is 2. The third-order valence-electron chi connectivity index (χ3n) is 4.52. The molecular formula is C22H29N3O5S. The molecule has 2 aromatic carbocycles. The second-order valence-electron chi connectivity index (χ2n) is 7.57. The first-order valence-electron chi connectivity index (χ1n) is 9.86. The molecule has 0 heterocycles. The molecule has 2 N–H and O–H groups in total. The minimum atomic E-state index is -3.77. The summed E-state index contributed by atoms with van der Waals surface area (Å²) in [5.41, 5.74) is 0.941. The molecule has 2 aromatic rings. The van der Waals surface area contributed by atoms with Crippen molar-refractivity contribution in [2.45, 2.75) is 26.8 Å². The van der Waals surface area contributed by atoms with Gasteiger partial charge in [0, 0.05) is 6.54 Å². The minimum Gasteiger partial charge on any atom is -0.497 e. The monoisotopic (exact) mass is 447 g/mol. The van der Waals surface area contributed by atoms with Crippen LogP contribution in [0.1, 0.15) is 31.1 Å². The van der Waals surface area contributed by atoms with Gasteiger partial charge in [0.15, 0.2) is 0 Å². The first-order chi connectivity index (χ1) is 14.5. The van der Waals surface area contributed by atoms with Crippen molar-refractivity contribution >= 4 is 33.2 Å². The number of hydrogen-bond acceptors (Lipinski definition) is 5. The zero-order valence-electron chi connectivity index (χ0n) is 18.4. The Morgan fingerprint density at radius 3 is 2.19 bits per heavy atom. The van der Waals surface area contributed by atoms with Gasteiger partial charge in [0.25, 0.3) is 5.91 Å². The number of nitrogens with zero attached hydrogens (tertiary/aromatic N) is 1. The fraction of sp³-hybridized carbons (Fsp3) is 0.364. The number of benzene rings is 2. The van der Waals surface area contributed by atoms with Crippen LogP contribution < -0.4 is 19.7 Å². The summed E-state index contributed by atoms with van der Waals surface area (Å²) >= 11 is 0. The second-order valence-corrected chi connectivity index (χ2v) is 9.43. The second kappa shape index (κ2) is 10.3. The van der Waals surface area contributed by atoms with E-state index in [0.29, 0.717) is 29.2 Å². The molecule has 0 saturated carbocycles. The number of hydrogen-bond donors (Lipinski definition) is 2. The fourth-order valence-electron chi connectivity index (χ4n) is 2.96. The lowest BCUT2D eigenvalue weighted by Gasteiger charge is -2.28. The summed E-state index contributed by atoms with van der Waals surface area (Å²) in [6.45, 7) is 5.95. The lowest BCUT2D eigenvalue weighted by Crippen LogP contribution is -2.45. The molecule has 0 fully saturated rings. The number of carbonyl (C=O) groups excluding carboxylic acids is 2. The summed E-state index contributed by atoms with van der Waals surface area (Å²) in [6.07, 6.45) is 1.04. The molecule has 0 aliphatic heterocycles. The first kappa shape index (κ1) is 24.2. The van der Waals surface area contributed by atoms with Crippen molar-refractivity contribution in [2.24, 2.45) is 5.92 Å². The quantitative estimate of drug-likeness (QED) is 0.615. The van der Waals surface area contributed by atoms with Gasteiger partial charge in [0.2, 0.25) is 15.9 Å². The Bertz CT molecular complexity index is 1020. The molecule has 0 saturated heterocycles. The van der Waals surface area contributed by atoms with Crippen molar-refractivity contribution in [3.63, 3.8) is 0 Å². The number of sulfonamides is 1. The van der Waals surface area contributed by atoms with E-state index in [-0.39, 0.29) is 11.8 Å². The van der Waals surface area contributed by atoms with E-state index in [1.807, 2.05) is 13.8 Å². The third-order valence-corrected chi connectivity index (χ3v) is 5.76. The summed E-state index contributed by atoms with van der Waals surface area (Å²) < 4.78 is 31.1.